The van der Waals surface area contributed by atoms with E-state index < -0.39 is 15.3 Å². The maximum atomic E-state index is 12.5. The lowest BCUT2D eigenvalue weighted by Crippen LogP contribution is -2.43. The fourth-order valence-electron chi connectivity index (χ4n) is 3.05. The van der Waals surface area contributed by atoms with Crippen LogP contribution in [0.5, 0.6) is 0 Å². The summed E-state index contributed by atoms with van der Waals surface area (Å²) in [5.74, 6) is 1.79. The summed E-state index contributed by atoms with van der Waals surface area (Å²) in [6.45, 7) is 1.86. The second-order valence-electron chi connectivity index (χ2n) is 6.03. The molecule has 1 aliphatic heterocycles. The zero-order chi connectivity index (χ0) is 17.3. The summed E-state index contributed by atoms with van der Waals surface area (Å²) in [6, 6.07) is 4.75. The minimum Gasteiger partial charge on any atom is -0.468 e. The minimum atomic E-state index is -3.40. The van der Waals surface area contributed by atoms with Gasteiger partial charge in [-0.2, -0.15) is 11.8 Å². The lowest BCUT2D eigenvalue weighted by molar-refractivity contribution is -0.149. The molecule has 128 valence electrons. The Bertz CT molecular complexity index is 696. The number of benzene rings is 1. The third-order valence-corrected chi connectivity index (χ3v) is 7.31. The van der Waals surface area contributed by atoms with E-state index in [1.54, 1.807) is 12.1 Å². The molecule has 2 atom stereocenters. The lowest BCUT2D eigenvalue weighted by atomic mass is 9.70. The fraction of sp³-hybridized carbons (Fsp3) is 0.562. The van der Waals surface area contributed by atoms with Crippen molar-refractivity contribution in [1.29, 1.82) is 0 Å². The topological polar surface area (TPSA) is 60.4 Å². The summed E-state index contributed by atoms with van der Waals surface area (Å²) in [6.07, 6.45) is 3.10. The summed E-state index contributed by atoms with van der Waals surface area (Å²) in [5, 5.41) is 0.142. The van der Waals surface area contributed by atoms with E-state index in [4.69, 9.17) is 16.3 Å². The smallest absolute Gasteiger partial charge is 0.316 e. The van der Waals surface area contributed by atoms with Gasteiger partial charge in [-0.15, -0.1) is 0 Å². The van der Waals surface area contributed by atoms with Crippen molar-refractivity contribution in [3.8, 4) is 0 Å². The number of esters is 1. The van der Waals surface area contributed by atoms with Crippen molar-refractivity contribution >= 4 is 39.2 Å². The van der Waals surface area contributed by atoms with E-state index in [0.29, 0.717) is 5.56 Å². The van der Waals surface area contributed by atoms with Gasteiger partial charge < -0.3 is 4.74 Å². The molecule has 1 heterocycles. The Hall–Kier alpha value is -0.720. The van der Waals surface area contributed by atoms with Crippen LogP contribution in [0.25, 0.3) is 0 Å². The maximum Gasteiger partial charge on any atom is 0.316 e. The number of hydrogen-bond acceptors (Lipinski definition) is 5. The highest BCUT2D eigenvalue weighted by molar-refractivity contribution is 7.99. The van der Waals surface area contributed by atoms with Gasteiger partial charge in [0.15, 0.2) is 9.84 Å². The monoisotopic (exact) mass is 376 g/mol. The van der Waals surface area contributed by atoms with E-state index >= 15 is 0 Å². The summed E-state index contributed by atoms with van der Waals surface area (Å²) >= 11 is 8.00. The second kappa shape index (κ2) is 7.03. The molecule has 1 aromatic carbocycles. The molecular formula is C16H21ClO4S2. The Balaban J connectivity index is 2.52. The Morgan fingerprint density at radius 3 is 2.61 bits per heavy atom. The number of hydrogen-bond donors (Lipinski definition) is 0. The fourth-order valence-corrected chi connectivity index (χ4v) is 5.70. The molecule has 7 heteroatoms. The van der Waals surface area contributed by atoms with Gasteiger partial charge in [-0.1, -0.05) is 17.7 Å². The van der Waals surface area contributed by atoms with E-state index in [0.717, 1.165) is 30.6 Å². The van der Waals surface area contributed by atoms with Crippen LogP contribution in [0.3, 0.4) is 0 Å². The highest BCUT2D eigenvalue weighted by atomic mass is 35.5. The number of rotatable bonds is 4. The van der Waals surface area contributed by atoms with Crippen LogP contribution in [-0.4, -0.2) is 39.3 Å². The van der Waals surface area contributed by atoms with Crippen molar-refractivity contribution in [2.24, 2.45) is 5.92 Å². The van der Waals surface area contributed by atoms with Crippen LogP contribution in [0.1, 0.15) is 25.3 Å². The molecule has 0 radical (unpaired) electrons. The number of thioether (sulfide) groups is 1. The number of carbonyl (C=O) groups excluding carboxylic acids is 1. The number of halogens is 1. The molecule has 1 unspecified atom stereocenters. The van der Waals surface area contributed by atoms with E-state index in [9.17, 15) is 13.2 Å². The van der Waals surface area contributed by atoms with Gasteiger partial charge in [0, 0.05) is 6.26 Å². The van der Waals surface area contributed by atoms with Gasteiger partial charge >= 0.3 is 5.97 Å². The van der Waals surface area contributed by atoms with Crippen LogP contribution in [0, 0.1) is 5.92 Å². The molecule has 0 N–H and O–H groups in total. The van der Waals surface area contributed by atoms with Crippen molar-refractivity contribution in [2.75, 3.05) is 24.9 Å². The number of carbonyl (C=O) groups is 1. The first-order valence-corrected chi connectivity index (χ1v) is 10.8. The highest BCUT2D eigenvalue weighted by Crippen LogP contribution is 2.42. The first-order chi connectivity index (χ1) is 10.7. The van der Waals surface area contributed by atoms with Crippen LogP contribution < -0.4 is 0 Å². The molecule has 4 nitrogen and oxygen atoms in total. The standard InChI is InChI=1S/C16H21ClO4S2/c1-16(15(18)21-2,12-5-4-8-22-10-12)11-6-7-14(13(17)9-11)23(3,19)20/h6-7,9,12H,4-5,8,10H2,1-3H3/t12-,16?/m0/s1. The van der Waals surface area contributed by atoms with E-state index in [1.807, 2.05) is 18.7 Å². The van der Waals surface area contributed by atoms with Gasteiger partial charge in [-0.25, -0.2) is 8.42 Å². The van der Waals surface area contributed by atoms with Crippen molar-refractivity contribution in [3.05, 3.63) is 28.8 Å². The van der Waals surface area contributed by atoms with Crippen LogP contribution in [-0.2, 0) is 24.8 Å². The molecule has 0 aromatic heterocycles. The van der Waals surface area contributed by atoms with Gasteiger partial charge in [0.2, 0.25) is 0 Å². The molecule has 1 aliphatic rings. The molecule has 0 amide bonds. The van der Waals surface area contributed by atoms with Crippen molar-refractivity contribution in [1.82, 2.24) is 0 Å². The molecular weight excluding hydrogens is 356 g/mol. The van der Waals surface area contributed by atoms with Crippen LogP contribution >= 0.6 is 23.4 Å². The third kappa shape index (κ3) is 3.69. The first kappa shape index (κ1) is 18.6. The molecule has 23 heavy (non-hydrogen) atoms. The van der Waals surface area contributed by atoms with Crippen molar-refractivity contribution in [3.63, 3.8) is 0 Å². The minimum absolute atomic E-state index is 0.0770. The van der Waals surface area contributed by atoms with E-state index in [1.165, 1.54) is 13.2 Å². The zero-order valence-electron chi connectivity index (χ0n) is 13.5. The SMILES string of the molecule is COC(=O)C(C)(c1ccc(S(C)(=O)=O)c(Cl)c1)[C@H]1CCCSC1. The molecule has 0 spiro atoms. The van der Waals surface area contributed by atoms with Gasteiger partial charge in [0.05, 0.1) is 22.4 Å². The molecule has 0 bridgehead atoms. The third-order valence-electron chi connectivity index (χ3n) is 4.52. The van der Waals surface area contributed by atoms with Crippen LogP contribution in [0.4, 0.5) is 0 Å². The Morgan fingerprint density at radius 1 is 1.43 bits per heavy atom. The summed E-state index contributed by atoms with van der Waals surface area (Å²) in [7, 11) is -2.02. The summed E-state index contributed by atoms with van der Waals surface area (Å²) < 4.78 is 28.5. The van der Waals surface area contributed by atoms with E-state index in [2.05, 4.69) is 0 Å². The largest absolute Gasteiger partial charge is 0.468 e. The van der Waals surface area contributed by atoms with Gasteiger partial charge in [0.1, 0.15) is 0 Å². The Labute approximate surface area is 146 Å². The zero-order valence-corrected chi connectivity index (χ0v) is 15.9. The molecule has 1 saturated heterocycles. The first-order valence-electron chi connectivity index (χ1n) is 7.37. The Morgan fingerprint density at radius 2 is 2.13 bits per heavy atom. The molecule has 0 aliphatic carbocycles. The average Bonchev–Trinajstić information content (AvgIpc) is 2.52. The van der Waals surface area contributed by atoms with Crippen LogP contribution in [0.15, 0.2) is 23.1 Å². The second-order valence-corrected chi connectivity index (χ2v) is 9.57. The average molecular weight is 377 g/mol. The summed E-state index contributed by atoms with van der Waals surface area (Å²) in [5.41, 5.74) is -0.128. The number of methoxy groups -OCH3 is 1. The van der Waals surface area contributed by atoms with E-state index in [-0.39, 0.29) is 21.8 Å². The molecule has 1 fully saturated rings. The van der Waals surface area contributed by atoms with Crippen LogP contribution in [0.2, 0.25) is 5.02 Å². The maximum absolute atomic E-state index is 12.5. The van der Waals surface area contributed by atoms with Crippen molar-refractivity contribution < 1.29 is 17.9 Å². The Kier molecular flexibility index (Phi) is 5.69. The van der Waals surface area contributed by atoms with Gasteiger partial charge in [-0.3, -0.25) is 4.79 Å². The molecule has 1 aromatic rings. The number of sulfone groups is 1. The summed E-state index contributed by atoms with van der Waals surface area (Å²) in [4.78, 5) is 12.6. The number of ether oxygens (including phenoxy) is 1. The predicted octanol–water partition coefficient (Wildman–Crippen LogP) is 3.32. The highest BCUT2D eigenvalue weighted by Gasteiger charge is 2.44. The molecule has 0 saturated carbocycles. The normalized spacial score (nSPS) is 21.5. The lowest BCUT2D eigenvalue weighted by Gasteiger charge is -2.37. The predicted molar refractivity (Wildman–Crippen MR) is 94.0 cm³/mol. The van der Waals surface area contributed by atoms with Gasteiger partial charge in [0.25, 0.3) is 0 Å². The van der Waals surface area contributed by atoms with Crippen molar-refractivity contribution in [2.45, 2.75) is 30.1 Å². The van der Waals surface area contributed by atoms with Gasteiger partial charge in [-0.05, 0) is 54.9 Å². The quantitative estimate of drug-likeness (QED) is 0.754. The molecule has 2 rings (SSSR count).